The Kier molecular flexibility index (Phi) is 5.30. The molecule has 0 aliphatic heterocycles. The summed E-state index contributed by atoms with van der Waals surface area (Å²) in [7, 11) is 3.11. The van der Waals surface area contributed by atoms with E-state index < -0.39 is 0 Å². The number of benzene rings is 1. The molecule has 0 atom stereocenters. The zero-order valence-corrected chi connectivity index (χ0v) is 14.6. The number of nitrogens with zero attached hydrogens (tertiary/aromatic N) is 2. The van der Waals surface area contributed by atoms with Crippen LogP contribution in [0.25, 0.3) is 11.4 Å². The van der Waals surface area contributed by atoms with E-state index in [0.717, 1.165) is 5.56 Å². The minimum atomic E-state index is -0.150. The van der Waals surface area contributed by atoms with Crippen LogP contribution in [0.15, 0.2) is 39.5 Å². The van der Waals surface area contributed by atoms with Crippen molar-refractivity contribution in [3.8, 4) is 22.9 Å². The molecule has 1 aromatic carbocycles. The quantitative estimate of drug-likeness (QED) is 0.696. The number of hydrogen-bond acceptors (Lipinski definition) is 7. The lowest BCUT2D eigenvalue weighted by atomic mass is 10.2. The molecule has 7 nitrogen and oxygen atoms in total. The number of thiophene rings is 1. The van der Waals surface area contributed by atoms with Crippen molar-refractivity contribution in [2.75, 3.05) is 19.5 Å². The monoisotopic (exact) mass is 359 g/mol. The number of ether oxygens (including phenoxy) is 2. The van der Waals surface area contributed by atoms with Crippen molar-refractivity contribution in [1.82, 2.24) is 10.1 Å². The third-order valence-corrected chi connectivity index (χ3v) is 4.16. The van der Waals surface area contributed by atoms with Gasteiger partial charge in [0, 0.05) is 35.5 Å². The summed E-state index contributed by atoms with van der Waals surface area (Å²) in [5.41, 5.74) is 1.54. The standard InChI is InChI=1S/C17H17N3O4S/c1-22-13-4-3-12(9-14(13)23-2)18-15(21)5-6-16-19-17(20-24-16)11-7-8-25-10-11/h3-4,7-10H,5-6H2,1-2H3,(H,18,21). The summed E-state index contributed by atoms with van der Waals surface area (Å²) < 4.78 is 15.6. The Hall–Kier alpha value is -2.87. The van der Waals surface area contributed by atoms with Gasteiger partial charge in [-0.2, -0.15) is 16.3 Å². The summed E-state index contributed by atoms with van der Waals surface area (Å²) in [6.07, 6.45) is 0.607. The van der Waals surface area contributed by atoms with E-state index in [1.165, 1.54) is 0 Å². The van der Waals surface area contributed by atoms with Crippen LogP contribution < -0.4 is 14.8 Å². The van der Waals surface area contributed by atoms with Gasteiger partial charge >= 0.3 is 0 Å². The molecule has 1 N–H and O–H groups in total. The topological polar surface area (TPSA) is 86.5 Å². The maximum atomic E-state index is 12.1. The Morgan fingerprint density at radius 2 is 2.08 bits per heavy atom. The molecule has 130 valence electrons. The molecule has 3 aromatic rings. The smallest absolute Gasteiger partial charge is 0.227 e. The molecule has 3 rings (SSSR count). The van der Waals surface area contributed by atoms with Gasteiger partial charge in [0.15, 0.2) is 11.5 Å². The van der Waals surface area contributed by atoms with Gasteiger partial charge in [-0.3, -0.25) is 4.79 Å². The average Bonchev–Trinajstić information content (AvgIpc) is 3.31. The number of amides is 1. The molecule has 0 spiro atoms. The minimum Gasteiger partial charge on any atom is -0.493 e. The molecule has 25 heavy (non-hydrogen) atoms. The summed E-state index contributed by atoms with van der Waals surface area (Å²) in [5, 5.41) is 10.6. The van der Waals surface area contributed by atoms with Gasteiger partial charge in [-0.1, -0.05) is 5.16 Å². The van der Waals surface area contributed by atoms with Crippen LogP contribution in [0.2, 0.25) is 0 Å². The molecule has 0 bridgehead atoms. The van der Waals surface area contributed by atoms with Crippen LogP contribution in [-0.2, 0) is 11.2 Å². The van der Waals surface area contributed by atoms with Crippen LogP contribution in [-0.4, -0.2) is 30.3 Å². The molecular formula is C17H17N3O4S. The zero-order valence-electron chi connectivity index (χ0n) is 13.8. The molecule has 8 heteroatoms. The van der Waals surface area contributed by atoms with E-state index >= 15 is 0 Å². The van der Waals surface area contributed by atoms with Crippen molar-refractivity contribution in [3.05, 3.63) is 40.9 Å². The predicted molar refractivity (Wildman–Crippen MR) is 94.1 cm³/mol. The first kappa shape index (κ1) is 17.0. The third-order valence-electron chi connectivity index (χ3n) is 3.48. The van der Waals surface area contributed by atoms with Gasteiger partial charge in [0.25, 0.3) is 0 Å². The Morgan fingerprint density at radius 3 is 2.80 bits per heavy atom. The van der Waals surface area contributed by atoms with Crippen molar-refractivity contribution in [2.24, 2.45) is 0 Å². The second-order valence-electron chi connectivity index (χ2n) is 5.14. The highest BCUT2D eigenvalue weighted by atomic mass is 32.1. The minimum absolute atomic E-state index is 0.150. The first-order valence-electron chi connectivity index (χ1n) is 7.56. The van der Waals surface area contributed by atoms with Gasteiger partial charge in [-0.05, 0) is 23.6 Å². The number of carbonyl (C=O) groups excluding carboxylic acids is 1. The Morgan fingerprint density at radius 1 is 1.24 bits per heavy atom. The van der Waals surface area contributed by atoms with Gasteiger partial charge in [0.2, 0.25) is 17.6 Å². The molecular weight excluding hydrogens is 342 g/mol. The Balaban J connectivity index is 1.56. The fraction of sp³-hybridized carbons (Fsp3) is 0.235. The van der Waals surface area contributed by atoms with Gasteiger partial charge < -0.3 is 19.3 Å². The molecule has 0 aliphatic carbocycles. The molecule has 0 fully saturated rings. The van der Waals surface area contributed by atoms with E-state index in [-0.39, 0.29) is 12.3 Å². The van der Waals surface area contributed by atoms with Crippen LogP contribution in [0.1, 0.15) is 12.3 Å². The number of aromatic nitrogens is 2. The SMILES string of the molecule is COc1ccc(NC(=O)CCc2nc(-c3ccsc3)no2)cc1OC. The average molecular weight is 359 g/mol. The normalized spacial score (nSPS) is 10.5. The number of hydrogen-bond donors (Lipinski definition) is 1. The largest absolute Gasteiger partial charge is 0.493 e. The molecule has 0 saturated heterocycles. The van der Waals surface area contributed by atoms with Crippen LogP contribution in [0.5, 0.6) is 11.5 Å². The second kappa shape index (κ2) is 7.80. The van der Waals surface area contributed by atoms with Crippen LogP contribution >= 0.6 is 11.3 Å². The van der Waals surface area contributed by atoms with Crippen LogP contribution in [0, 0.1) is 0 Å². The van der Waals surface area contributed by atoms with E-state index in [1.54, 1.807) is 43.8 Å². The van der Waals surface area contributed by atoms with Crippen molar-refractivity contribution < 1.29 is 18.8 Å². The summed E-state index contributed by atoms with van der Waals surface area (Å²) in [6, 6.07) is 7.11. The number of aryl methyl sites for hydroxylation is 1. The van der Waals surface area contributed by atoms with Crippen molar-refractivity contribution in [1.29, 1.82) is 0 Å². The third kappa shape index (κ3) is 4.16. The highest BCUT2D eigenvalue weighted by Crippen LogP contribution is 2.29. The lowest BCUT2D eigenvalue weighted by Gasteiger charge is -2.10. The van der Waals surface area contributed by atoms with Gasteiger partial charge in [0.05, 0.1) is 14.2 Å². The van der Waals surface area contributed by atoms with Crippen molar-refractivity contribution in [2.45, 2.75) is 12.8 Å². The second-order valence-corrected chi connectivity index (χ2v) is 5.92. The van der Waals surface area contributed by atoms with Gasteiger partial charge in [-0.25, -0.2) is 0 Å². The summed E-state index contributed by atoms with van der Waals surface area (Å²) in [4.78, 5) is 16.4. The predicted octanol–water partition coefficient (Wildman–Crippen LogP) is 3.39. The lowest BCUT2D eigenvalue weighted by Crippen LogP contribution is -2.12. The zero-order chi connectivity index (χ0) is 17.6. The van der Waals surface area contributed by atoms with Crippen LogP contribution in [0.4, 0.5) is 5.69 Å². The van der Waals surface area contributed by atoms with Gasteiger partial charge in [0.1, 0.15) is 0 Å². The molecule has 0 radical (unpaired) electrons. The highest BCUT2D eigenvalue weighted by Gasteiger charge is 2.12. The molecule has 2 heterocycles. The van der Waals surface area contributed by atoms with Crippen molar-refractivity contribution in [3.63, 3.8) is 0 Å². The number of anilines is 1. The highest BCUT2D eigenvalue weighted by molar-refractivity contribution is 7.08. The molecule has 2 aromatic heterocycles. The maximum Gasteiger partial charge on any atom is 0.227 e. The number of rotatable bonds is 7. The molecule has 0 saturated carbocycles. The summed E-state index contributed by atoms with van der Waals surface area (Å²) in [5.74, 6) is 1.98. The summed E-state index contributed by atoms with van der Waals surface area (Å²) in [6.45, 7) is 0. The Labute approximate surface area is 148 Å². The number of nitrogens with one attached hydrogen (secondary N) is 1. The fourth-order valence-corrected chi connectivity index (χ4v) is 2.86. The van der Waals surface area contributed by atoms with Crippen molar-refractivity contribution >= 4 is 22.9 Å². The van der Waals surface area contributed by atoms with Gasteiger partial charge in [-0.15, -0.1) is 0 Å². The van der Waals surface area contributed by atoms with Crippen LogP contribution in [0.3, 0.4) is 0 Å². The molecule has 0 aliphatic rings. The molecule has 1 amide bonds. The van der Waals surface area contributed by atoms with E-state index in [9.17, 15) is 4.79 Å². The number of methoxy groups -OCH3 is 2. The maximum absolute atomic E-state index is 12.1. The van der Waals surface area contributed by atoms with E-state index in [4.69, 9.17) is 14.0 Å². The first-order valence-corrected chi connectivity index (χ1v) is 8.51. The molecule has 0 unspecified atom stereocenters. The number of carbonyl (C=O) groups is 1. The van der Waals surface area contributed by atoms with E-state index in [1.807, 2.05) is 16.8 Å². The summed E-state index contributed by atoms with van der Waals surface area (Å²) >= 11 is 1.56. The first-order chi connectivity index (χ1) is 12.2. The van der Waals surface area contributed by atoms with E-state index in [2.05, 4.69) is 15.5 Å². The Bertz CT molecular complexity index is 845. The fourth-order valence-electron chi connectivity index (χ4n) is 2.22. The van der Waals surface area contributed by atoms with E-state index in [0.29, 0.717) is 35.3 Å². The lowest BCUT2D eigenvalue weighted by molar-refractivity contribution is -0.116.